The van der Waals surface area contributed by atoms with E-state index in [1.807, 2.05) is 6.92 Å². The Labute approximate surface area is 98.5 Å². The fourth-order valence-corrected chi connectivity index (χ4v) is 1.15. The summed E-state index contributed by atoms with van der Waals surface area (Å²) < 4.78 is 0. The van der Waals surface area contributed by atoms with Gasteiger partial charge in [-0.15, -0.1) is 0 Å². The van der Waals surface area contributed by atoms with E-state index in [1.54, 1.807) is 30.3 Å². The van der Waals surface area contributed by atoms with Crippen molar-refractivity contribution in [2.75, 3.05) is 0 Å². The molecule has 1 aromatic rings. The molecule has 3 N–H and O–H groups in total. The van der Waals surface area contributed by atoms with Crippen molar-refractivity contribution in [3.63, 3.8) is 0 Å². The van der Waals surface area contributed by atoms with Gasteiger partial charge in [0.15, 0.2) is 0 Å². The molecule has 0 unspecified atom stereocenters. The Kier molecular flexibility index (Phi) is 4.01. The lowest BCUT2D eigenvalue weighted by atomic mass is 10.0. The lowest BCUT2D eigenvalue weighted by molar-refractivity contribution is 0.103. The molecular weight excluding hydrogens is 218 g/mol. The number of aryl methyl sites for hydroxylation is 1. The van der Waals surface area contributed by atoms with Crippen LogP contribution in [0.3, 0.4) is 0 Å². The second kappa shape index (κ2) is 5.47. The van der Waals surface area contributed by atoms with Crippen LogP contribution in [-0.4, -0.2) is 11.8 Å². The van der Waals surface area contributed by atoms with Crippen LogP contribution in [0, 0.1) is 18.3 Å². The van der Waals surface area contributed by atoms with E-state index < -0.39 is 11.8 Å². The number of hydrogen-bond donors (Lipinski definition) is 2. The Hall–Kier alpha value is -2.61. The lowest BCUT2D eigenvalue weighted by Gasteiger charge is -2.00. The summed E-state index contributed by atoms with van der Waals surface area (Å²) >= 11 is 0. The highest BCUT2D eigenvalue weighted by atomic mass is 16.2. The summed E-state index contributed by atoms with van der Waals surface area (Å²) in [5.74, 6) is -0.457. The van der Waals surface area contributed by atoms with Crippen LogP contribution >= 0.6 is 0 Å². The van der Waals surface area contributed by atoms with Crippen molar-refractivity contribution < 1.29 is 9.59 Å². The Balaban J connectivity index is 2.95. The molecule has 5 heteroatoms. The summed E-state index contributed by atoms with van der Waals surface area (Å²) in [5.41, 5.74) is 6.06. The third-order valence-electron chi connectivity index (χ3n) is 2.04. The summed E-state index contributed by atoms with van der Waals surface area (Å²) in [4.78, 5) is 22.3. The van der Waals surface area contributed by atoms with Gasteiger partial charge in [0.1, 0.15) is 11.6 Å². The Bertz CT molecular complexity index is 510. The molecule has 0 saturated heterocycles. The number of amides is 2. The number of hydrogen-bond acceptors (Lipinski definition) is 3. The van der Waals surface area contributed by atoms with E-state index in [9.17, 15) is 9.59 Å². The van der Waals surface area contributed by atoms with Crippen LogP contribution in [0.4, 0.5) is 4.79 Å². The third-order valence-corrected chi connectivity index (χ3v) is 2.04. The number of benzene rings is 1. The molecule has 0 radical (unpaired) electrons. The average molecular weight is 229 g/mol. The van der Waals surface area contributed by atoms with Gasteiger partial charge in [0.2, 0.25) is 5.78 Å². The van der Waals surface area contributed by atoms with Gasteiger partial charge in [-0.25, -0.2) is 4.79 Å². The Morgan fingerprint density at radius 2 is 1.94 bits per heavy atom. The molecule has 2 amide bonds. The number of nitriles is 1. The average Bonchev–Trinajstić information content (AvgIpc) is 2.30. The standard InChI is InChI=1S/C12H11N3O2/c1-8-2-4-9(5-3-8)11(16)10(6-13)7-15-12(14)17/h2-5,7H,1H3,(H3,14,15,17)/b10-7-. The molecule has 0 aliphatic heterocycles. The van der Waals surface area contributed by atoms with E-state index in [0.29, 0.717) is 5.56 Å². The molecule has 0 aromatic heterocycles. The topological polar surface area (TPSA) is 96.0 Å². The molecule has 0 aliphatic rings. The van der Waals surface area contributed by atoms with Crippen molar-refractivity contribution >= 4 is 11.8 Å². The van der Waals surface area contributed by atoms with E-state index in [1.165, 1.54) is 0 Å². The highest BCUT2D eigenvalue weighted by Gasteiger charge is 2.11. The second-order valence-electron chi connectivity index (χ2n) is 3.37. The Morgan fingerprint density at radius 1 is 1.35 bits per heavy atom. The molecule has 0 aliphatic carbocycles. The largest absolute Gasteiger partial charge is 0.351 e. The summed E-state index contributed by atoms with van der Waals surface area (Å²) in [6.07, 6.45) is 1.00. The molecule has 5 nitrogen and oxygen atoms in total. The first-order chi connectivity index (χ1) is 8.04. The maximum atomic E-state index is 11.8. The van der Waals surface area contributed by atoms with Crippen LogP contribution in [0.1, 0.15) is 15.9 Å². The van der Waals surface area contributed by atoms with Gasteiger partial charge in [0.05, 0.1) is 0 Å². The predicted molar refractivity (Wildman–Crippen MR) is 61.9 cm³/mol. The molecule has 17 heavy (non-hydrogen) atoms. The number of primary amides is 1. The van der Waals surface area contributed by atoms with Crippen LogP contribution in [-0.2, 0) is 0 Å². The maximum Gasteiger partial charge on any atom is 0.316 e. The number of nitrogens with one attached hydrogen (secondary N) is 1. The zero-order chi connectivity index (χ0) is 12.8. The molecule has 0 saturated carbocycles. The van der Waals surface area contributed by atoms with E-state index in [2.05, 4.69) is 5.32 Å². The van der Waals surface area contributed by atoms with Crippen molar-refractivity contribution in [2.24, 2.45) is 5.73 Å². The minimum atomic E-state index is -0.825. The number of nitrogens with zero attached hydrogens (tertiary/aromatic N) is 1. The predicted octanol–water partition coefficient (Wildman–Crippen LogP) is 1.25. The highest BCUT2D eigenvalue weighted by Crippen LogP contribution is 2.08. The zero-order valence-corrected chi connectivity index (χ0v) is 9.23. The number of carbonyl (C=O) groups is 2. The van der Waals surface area contributed by atoms with Crippen LogP contribution in [0.15, 0.2) is 36.0 Å². The maximum absolute atomic E-state index is 11.8. The number of ketones is 1. The summed E-state index contributed by atoms with van der Waals surface area (Å²) in [6.45, 7) is 1.89. The monoisotopic (exact) mass is 229 g/mol. The number of urea groups is 1. The molecule has 0 bridgehead atoms. The zero-order valence-electron chi connectivity index (χ0n) is 9.23. The first-order valence-electron chi connectivity index (χ1n) is 4.82. The van der Waals surface area contributed by atoms with Gasteiger partial charge in [0, 0.05) is 11.8 Å². The lowest BCUT2D eigenvalue weighted by Crippen LogP contribution is -2.25. The third kappa shape index (κ3) is 3.47. The minimum Gasteiger partial charge on any atom is -0.351 e. The van der Waals surface area contributed by atoms with Gasteiger partial charge >= 0.3 is 6.03 Å². The minimum absolute atomic E-state index is 0.173. The quantitative estimate of drug-likeness (QED) is 0.463. The summed E-state index contributed by atoms with van der Waals surface area (Å²) in [6, 6.07) is 7.66. The van der Waals surface area contributed by atoms with Gasteiger partial charge < -0.3 is 11.1 Å². The molecule has 1 rings (SSSR count). The Morgan fingerprint density at radius 3 is 2.41 bits per heavy atom. The number of nitrogens with two attached hydrogens (primary N) is 1. The van der Waals surface area contributed by atoms with Gasteiger partial charge in [-0.3, -0.25) is 4.79 Å². The van der Waals surface area contributed by atoms with E-state index in [4.69, 9.17) is 11.0 Å². The SMILES string of the molecule is Cc1ccc(C(=O)/C(C#N)=C\NC(N)=O)cc1. The fraction of sp³-hybridized carbons (Fsp3) is 0.0833. The van der Waals surface area contributed by atoms with Gasteiger partial charge in [-0.1, -0.05) is 29.8 Å². The van der Waals surface area contributed by atoms with E-state index in [-0.39, 0.29) is 5.57 Å². The highest BCUT2D eigenvalue weighted by molar-refractivity contribution is 6.11. The first-order valence-corrected chi connectivity index (χ1v) is 4.82. The van der Waals surface area contributed by atoms with Crippen molar-refractivity contribution in [1.82, 2.24) is 5.32 Å². The van der Waals surface area contributed by atoms with Crippen LogP contribution < -0.4 is 11.1 Å². The van der Waals surface area contributed by atoms with Crippen molar-refractivity contribution in [3.05, 3.63) is 47.2 Å². The summed E-state index contributed by atoms with van der Waals surface area (Å²) in [5, 5.41) is 10.9. The molecule has 1 aromatic carbocycles. The molecule has 86 valence electrons. The van der Waals surface area contributed by atoms with E-state index >= 15 is 0 Å². The summed E-state index contributed by atoms with van der Waals surface area (Å²) in [7, 11) is 0. The molecule has 0 atom stereocenters. The number of allylic oxidation sites excluding steroid dienone is 1. The molecule has 0 heterocycles. The van der Waals surface area contributed by atoms with E-state index in [0.717, 1.165) is 11.8 Å². The van der Waals surface area contributed by atoms with Gasteiger partial charge in [0.25, 0.3) is 0 Å². The van der Waals surface area contributed by atoms with Crippen molar-refractivity contribution in [2.45, 2.75) is 6.92 Å². The number of Topliss-reactive ketones (excluding diaryl/α,β-unsaturated/α-hetero) is 1. The molecular formula is C12H11N3O2. The van der Waals surface area contributed by atoms with Crippen LogP contribution in [0.25, 0.3) is 0 Å². The van der Waals surface area contributed by atoms with Gasteiger partial charge in [-0.2, -0.15) is 5.26 Å². The van der Waals surface area contributed by atoms with Gasteiger partial charge in [-0.05, 0) is 6.92 Å². The number of rotatable bonds is 3. The fourth-order valence-electron chi connectivity index (χ4n) is 1.15. The molecule has 0 fully saturated rings. The van der Waals surface area contributed by atoms with Crippen molar-refractivity contribution in [3.8, 4) is 6.07 Å². The van der Waals surface area contributed by atoms with Crippen LogP contribution in [0.2, 0.25) is 0 Å². The molecule has 0 spiro atoms. The van der Waals surface area contributed by atoms with Crippen molar-refractivity contribution in [1.29, 1.82) is 5.26 Å². The first kappa shape index (κ1) is 12.5. The second-order valence-corrected chi connectivity index (χ2v) is 3.37. The number of carbonyl (C=O) groups excluding carboxylic acids is 2. The smallest absolute Gasteiger partial charge is 0.316 e. The normalized spacial score (nSPS) is 10.5. The van der Waals surface area contributed by atoms with Crippen LogP contribution in [0.5, 0.6) is 0 Å².